The molecule has 0 atom stereocenters. The fraction of sp³-hybridized carbons (Fsp3) is 0.464. The minimum absolute atomic E-state index is 0.0795. The van der Waals surface area contributed by atoms with Crippen LogP contribution in [0.25, 0.3) is 5.65 Å². The highest BCUT2D eigenvalue weighted by Gasteiger charge is 2.47. The second-order valence-electron chi connectivity index (χ2n) is 11.6. The average molecular weight is 554 g/mol. The number of imidazole rings is 1. The zero-order valence-corrected chi connectivity index (χ0v) is 23.3. The summed E-state index contributed by atoms with van der Waals surface area (Å²) in [5.74, 6) is -0.222. The van der Waals surface area contributed by atoms with Gasteiger partial charge in [-0.2, -0.15) is 0 Å². The van der Waals surface area contributed by atoms with E-state index in [1.54, 1.807) is 64.3 Å². The molecule has 1 spiro atoms. The molecule has 1 saturated carbocycles. The molecule has 2 fully saturated rings. The van der Waals surface area contributed by atoms with Gasteiger partial charge in [-0.1, -0.05) is 12.1 Å². The van der Waals surface area contributed by atoms with Crippen LogP contribution in [-0.2, 0) is 21.3 Å². The van der Waals surface area contributed by atoms with E-state index in [1.165, 1.54) is 0 Å². The molecule has 39 heavy (non-hydrogen) atoms. The second kappa shape index (κ2) is 10.3. The predicted molar refractivity (Wildman–Crippen MR) is 146 cm³/mol. The van der Waals surface area contributed by atoms with Crippen molar-refractivity contribution in [3.05, 3.63) is 66.1 Å². The van der Waals surface area contributed by atoms with Crippen LogP contribution in [0.15, 0.2) is 59.9 Å². The number of pyridine rings is 1. The van der Waals surface area contributed by atoms with Crippen molar-refractivity contribution in [1.29, 1.82) is 0 Å². The van der Waals surface area contributed by atoms with Gasteiger partial charge in [0, 0.05) is 44.3 Å². The fourth-order valence-electron chi connectivity index (χ4n) is 5.38. The summed E-state index contributed by atoms with van der Waals surface area (Å²) in [5, 5.41) is 2.86. The van der Waals surface area contributed by atoms with E-state index in [0.29, 0.717) is 18.7 Å². The summed E-state index contributed by atoms with van der Waals surface area (Å²) in [7, 11) is -3.66. The summed E-state index contributed by atoms with van der Waals surface area (Å²) >= 11 is 0. The number of carbonyl (C=O) groups is 2. The summed E-state index contributed by atoms with van der Waals surface area (Å²) in [6.07, 6.45) is 8.11. The van der Waals surface area contributed by atoms with Crippen molar-refractivity contribution in [1.82, 2.24) is 24.3 Å². The first-order valence-electron chi connectivity index (χ1n) is 13.2. The van der Waals surface area contributed by atoms with Gasteiger partial charge in [-0.3, -0.25) is 4.79 Å². The molecule has 11 heteroatoms. The molecule has 0 unspecified atom stereocenters. The van der Waals surface area contributed by atoms with Crippen LogP contribution in [0.4, 0.5) is 4.79 Å². The second-order valence-corrected chi connectivity index (χ2v) is 13.3. The number of fused-ring (bicyclic) bond motifs is 1. The number of carbonyl (C=O) groups excluding carboxylic acids is 2. The highest BCUT2D eigenvalue weighted by atomic mass is 32.2. The van der Waals surface area contributed by atoms with Crippen LogP contribution >= 0.6 is 0 Å². The fourth-order valence-corrected chi connectivity index (χ4v) is 6.62. The van der Waals surface area contributed by atoms with E-state index in [0.717, 1.165) is 36.9 Å². The molecule has 5 rings (SSSR count). The lowest BCUT2D eigenvalue weighted by atomic mass is 9.61. The Labute approximate surface area is 228 Å². The molecule has 208 valence electrons. The van der Waals surface area contributed by atoms with E-state index in [9.17, 15) is 18.0 Å². The topological polar surface area (TPSA) is 122 Å². The predicted octanol–water partition coefficient (Wildman–Crippen LogP) is 3.72. The van der Waals surface area contributed by atoms with Gasteiger partial charge >= 0.3 is 6.09 Å². The number of aromatic nitrogens is 2. The third-order valence-corrected chi connectivity index (χ3v) is 9.03. The molecule has 3 aromatic rings. The Morgan fingerprint density at radius 3 is 2.44 bits per heavy atom. The lowest BCUT2D eigenvalue weighted by molar-refractivity contribution is -0.0129. The maximum absolute atomic E-state index is 13.0. The standard InChI is InChI=1S/C28H35N5O5S/c1-27(2,3)38-26(35)32-13-10-28(11-14-32)16-22(17-28)31-39(36,37)23-7-4-20(5-8-23)18-30-25(34)21-6-9-24-29-12-15-33(24)19-21/h4-9,12,15,19,22,31H,10-11,13-14,16-18H2,1-3H3,(H,30,34). The highest BCUT2D eigenvalue weighted by molar-refractivity contribution is 7.89. The first-order chi connectivity index (χ1) is 18.4. The number of amides is 2. The number of nitrogens with zero attached hydrogens (tertiary/aromatic N) is 3. The smallest absolute Gasteiger partial charge is 0.410 e. The van der Waals surface area contributed by atoms with Crippen LogP contribution in [0.1, 0.15) is 62.4 Å². The van der Waals surface area contributed by atoms with Crippen LogP contribution in [-0.4, -0.2) is 59.4 Å². The van der Waals surface area contributed by atoms with Crippen molar-refractivity contribution in [2.24, 2.45) is 5.41 Å². The lowest BCUT2D eigenvalue weighted by Crippen LogP contribution is -2.55. The Balaban J connectivity index is 1.09. The van der Waals surface area contributed by atoms with Crippen LogP contribution in [0.5, 0.6) is 0 Å². The van der Waals surface area contributed by atoms with Gasteiger partial charge in [0.2, 0.25) is 10.0 Å². The minimum Gasteiger partial charge on any atom is -0.444 e. The molecule has 1 aromatic carbocycles. The Morgan fingerprint density at radius 1 is 1.08 bits per heavy atom. The molecule has 3 heterocycles. The summed E-state index contributed by atoms with van der Waals surface area (Å²) in [6, 6.07) is 9.93. The van der Waals surface area contributed by atoms with Crippen molar-refractivity contribution in [3.8, 4) is 0 Å². The number of nitrogens with one attached hydrogen (secondary N) is 2. The quantitative estimate of drug-likeness (QED) is 0.480. The molecule has 10 nitrogen and oxygen atoms in total. The highest BCUT2D eigenvalue weighted by Crippen LogP contribution is 2.49. The van der Waals surface area contributed by atoms with E-state index >= 15 is 0 Å². The third-order valence-electron chi connectivity index (χ3n) is 7.49. The van der Waals surface area contributed by atoms with E-state index < -0.39 is 15.6 Å². The van der Waals surface area contributed by atoms with Gasteiger partial charge in [0.15, 0.2) is 0 Å². The zero-order valence-electron chi connectivity index (χ0n) is 22.5. The average Bonchev–Trinajstić information content (AvgIpc) is 3.34. The molecule has 0 bridgehead atoms. The summed E-state index contributed by atoms with van der Waals surface area (Å²) < 4.78 is 36.0. The number of ether oxygens (including phenoxy) is 1. The molecular formula is C28H35N5O5S. The van der Waals surface area contributed by atoms with Crippen molar-refractivity contribution in [2.75, 3.05) is 13.1 Å². The number of sulfonamides is 1. The molecule has 1 aliphatic heterocycles. The van der Waals surface area contributed by atoms with Crippen LogP contribution in [0.3, 0.4) is 0 Å². The molecular weight excluding hydrogens is 518 g/mol. The minimum atomic E-state index is -3.66. The number of benzene rings is 1. The monoisotopic (exact) mass is 553 g/mol. The lowest BCUT2D eigenvalue weighted by Gasteiger charge is -2.52. The Morgan fingerprint density at radius 2 is 1.77 bits per heavy atom. The molecule has 1 aliphatic carbocycles. The van der Waals surface area contributed by atoms with Crippen molar-refractivity contribution in [2.45, 2.75) is 69.5 Å². The third kappa shape index (κ3) is 6.25. The van der Waals surface area contributed by atoms with E-state index in [4.69, 9.17) is 4.74 Å². The Kier molecular flexibility index (Phi) is 7.15. The van der Waals surface area contributed by atoms with Crippen molar-refractivity contribution >= 4 is 27.7 Å². The SMILES string of the molecule is CC(C)(C)OC(=O)N1CCC2(CC1)CC(NS(=O)(=O)c1ccc(CNC(=O)c3ccc4nccn4c3)cc1)C2. The molecule has 1 saturated heterocycles. The van der Waals surface area contributed by atoms with Gasteiger partial charge < -0.3 is 19.4 Å². The van der Waals surface area contributed by atoms with E-state index in [2.05, 4.69) is 15.0 Å². The summed E-state index contributed by atoms with van der Waals surface area (Å²) in [4.78, 5) is 31.0. The van der Waals surface area contributed by atoms with Gasteiger partial charge in [0.1, 0.15) is 11.2 Å². The number of rotatable bonds is 6. The first kappa shape index (κ1) is 27.1. The summed E-state index contributed by atoms with van der Waals surface area (Å²) in [6.45, 7) is 7.11. The van der Waals surface area contributed by atoms with Gasteiger partial charge in [-0.05, 0) is 81.7 Å². The number of likely N-dealkylation sites (tertiary alicyclic amines) is 1. The van der Waals surface area contributed by atoms with Crippen LogP contribution in [0.2, 0.25) is 0 Å². The molecule has 2 amide bonds. The normalized spacial score (nSPS) is 17.7. The van der Waals surface area contributed by atoms with E-state index in [1.807, 2.05) is 20.8 Å². The molecule has 0 radical (unpaired) electrons. The van der Waals surface area contributed by atoms with Gasteiger partial charge in [0.25, 0.3) is 5.91 Å². The molecule has 2 aromatic heterocycles. The molecule has 2 N–H and O–H groups in total. The molecule has 2 aliphatic rings. The van der Waals surface area contributed by atoms with Gasteiger partial charge in [-0.25, -0.2) is 22.9 Å². The first-order valence-corrected chi connectivity index (χ1v) is 14.7. The number of hydrogen-bond acceptors (Lipinski definition) is 6. The van der Waals surface area contributed by atoms with Crippen molar-refractivity contribution < 1.29 is 22.7 Å². The van der Waals surface area contributed by atoms with Crippen LogP contribution < -0.4 is 10.0 Å². The number of hydrogen-bond donors (Lipinski definition) is 2. The van der Waals surface area contributed by atoms with E-state index in [-0.39, 0.29) is 34.9 Å². The van der Waals surface area contributed by atoms with Gasteiger partial charge in [-0.15, -0.1) is 0 Å². The summed E-state index contributed by atoms with van der Waals surface area (Å²) in [5.41, 5.74) is 1.63. The Hall–Kier alpha value is -3.44. The largest absolute Gasteiger partial charge is 0.444 e. The van der Waals surface area contributed by atoms with Crippen LogP contribution in [0, 0.1) is 5.41 Å². The Bertz CT molecular complexity index is 1460. The maximum atomic E-state index is 13.0. The zero-order chi connectivity index (χ0) is 27.8. The maximum Gasteiger partial charge on any atom is 0.410 e. The van der Waals surface area contributed by atoms with Gasteiger partial charge in [0.05, 0.1) is 10.5 Å². The number of piperidine rings is 1. The van der Waals surface area contributed by atoms with Crippen molar-refractivity contribution in [3.63, 3.8) is 0 Å².